The summed E-state index contributed by atoms with van der Waals surface area (Å²) in [5.41, 5.74) is -0.0896. The van der Waals surface area contributed by atoms with Crippen molar-refractivity contribution < 1.29 is 9.90 Å². The van der Waals surface area contributed by atoms with Crippen LogP contribution in [0, 0.1) is 0 Å². The standard InChI is InChI=1S/C7H4BrN3O3/c8-6-5(7(13)14)9-3-1-2-4(12)10-11(3)6/h1-2H,(H,10,12)(H,13,14). The summed E-state index contributed by atoms with van der Waals surface area (Å²) in [5.74, 6) is -1.15. The third kappa shape index (κ3) is 1.22. The van der Waals surface area contributed by atoms with E-state index in [9.17, 15) is 9.59 Å². The van der Waals surface area contributed by atoms with Gasteiger partial charge in [-0.2, -0.15) is 0 Å². The molecule has 0 aliphatic heterocycles. The molecule has 0 unspecified atom stereocenters. The van der Waals surface area contributed by atoms with E-state index in [1.54, 1.807) is 0 Å². The predicted molar refractivity (Wildman–Crippen MR) is 50.5 cm³/mol. The molecule has 0 saturated carbocycles. The highest BCUT2D eigenvalue weighted by molar-refractivity contribution is 9.10. The maximum atomic E-state index is 10.9. The Hall–Kier alpha value is -1.63. The van der Waals surface area contributed by atoms with Crippen LogP contribution in [-0.2, 0) is 0 Å². The first-order valence-electron chi connectivity index (χ1n) is 3.60. The van der Waals surface area contributed by atoms with Gasteiger partial charge in [0.1, 0.15) is 4.60 Å². The van der Waals surface area contributed by atoms with Crippen molar-refractivity contribution in [1.82, 2.24) is 14.6 Å². The fraction of sp³-hybridized carbons (Fsp3) is 0. The molecule has 0 saturated heterocycles. The summed E-state index contributed by atoms with van der Waals surface area (Å²) in [6.45, 7) is 0. The van der Waals surface area contributed by atoms with E-state index in [1.165, 1.54) is 16.6 Å². The molecule has 0 fully saturated rings. The van der Waals surface area contributed by atoms with Gasteiger partial charge in [0.05, 0.1) is 0 Å². The van der Waals surface area contributed by atoms with Gasteiger partial charge in [-0.3, -0.25) is 9.89 Å². The summed E-state index contributed by atoms with van der Waals surface area (Å²) in [6.07, 6.45) is 0. The van der Waals surface area contributed by atoms with Gasteiger partial charge in [0, 0.05) is 6.07 Å². The van der Waals surface area contributed by atoms with Gasteiger partial charge in [0.15, 0.2) is 11.3 Å². The zero-order valence-electron chi connectivity index (χ0n) is 6.69. The molecule has 6 nitrogen and oxygen atoms in total. The van der Waals surface area contributed by atoms with Gasteiger partial charge in [0.25, 0.3) is 5.56 Å². The Labute approximate surface area is 85.3 Å². The molecule has 0 amide bonds. The Morgan fingerprint density at radius 2 is 2.29 bits per heavy atom. The van der Waals surface area contributed by atoms with E-state index in [0.717, 1.165) is 0 Å². The van der Waals surface area contributed by atoms with Crippen LogP contribution in [0.5, 0.6) is 0 Å². The molecule has 0 bridgehead atoms. The van der Waals surface area contributed by atoms with Crippen LogP contribution >= 0.6 is 15.9 Å². The van der Waals surface area contributed by atoms with E-state index in [4.69, 9.17) is 5.11 Å². The Morgan fingerprint density at radius 3 is 2.93 bits per heavy atom. The average Bonchev–Trinajstić information content (AvgIpc) is 2.44. The number of nitrogens with one attached hydrogen (secondary N) is 1. The largest absolute Gasteiger partial charge is 0.476 e. The lowest BCUT2D eigenvalue weighted by atomic mass is 10.5. The lowest BCUT2D eigenvalue weighted by molar-refractivity contribution is 0.0690. The number of carbonyl (C=O) groups is 1. The summed E-state index contributed by atoms with van der Waals surface area (Å²) in [7, 11) is 0. The highest BCUT2D eigenvalue weighted by atomic mass is 79.9. The normalized spacial score (nSPS) is 10.6. The number of H-pyrrole nitrogens is 1. The van der Waals surface area contributed by atoms with Crippen molar-refractivity contribution in [1.29, 1.82) is 0 Å². The van der Waals surface area contributed by atoms with Crippen LogP contribution in [0.15, 0.2) is 21.5 Å². The monoisotopic (exact) mass is 257 g/mol. The summed E-state index contributed by atoms with van der Waals surface area (Å²) >= 11 is 3.04. The first-order chi connectivity index (χ1) is 6.59. The Kier molecular flexibility index (Phi) is 1.88. The highest BCUT2D eigenvalue weighted by Crippen LogP contribution is 2.16. The number of aromatic amines is 1. The van der Waals surface area contributed by atoms with Crippen LogP contribution < -0.4 is 5.56 Å². The second kappa shape index (κ2) is 2.95. The van der Waals surface area contributed by atoms with Crippen LogP contribution in [0.25, 0.3) is 5.65 Å². The van der Waals surface area contributed by atoms with E-state index >= 15 is 0 Å². The Bertz CT molecular complexity index is 571. The molecule has 0 aromatic carbocycles. The number of carboxylic acid groups (broad SMARTS) is 1. The van der Waals surface area contributed by atoms with Crippen molar-refractivity contribution >= 4 is 27.5 Å². The third-order valence-electron chi connectivity index (χ3n) is 1.66. The zero-order chi connectivity index (χ0) is 10.3. The van der Waals surface area contributed by atoms with Crippen molar-refractivity contribution in [2.24, 2.45) is 0 Å². The van der Waals surface area contributed by atoms with Gasteiger partial charge in [-0.15, -0.1) is 0 Å². The smallest absolute Gasteiger partial charge is 0.357 e. The van der Waals surface area contributed by atoms with E-state index in [0.29, 0.717) is 5.65 Å². The SMILES string of the molecule is O=C(O)c1nc2ccc(=O)[nH]n2c1Br. The number of hydrogen-bond acceptors (Lipinski definition) is 3. The van der Waals surface area contributed by atoms with Gasteiger partial charge < -0.3 is 5.11 Å². The van der Waals surface area contributed by atoms with Crippen LogP contribution in [0.3, 0.4) is 0 Å². The Morgan fingerprint density at radius 1 is 1.57 bits per heavy atom. The number of halogens is 1. The van der Waals surface area contributed by atoms with Crippen molar-refractivity contribution in [3.63, 3.8) is 0 Å². The topological polar surface area (TPSA) is 87.5 Å². The lowest BCUT2D eigenvalue weighted by Crippen LogP contribution is -2.09. The van der Waals surface area contributed by atoms with Crippen LogP contribution in [0.4, 0.5) is 0 Å². The van der Waals surface area contributed by atoms with E-state index < -0.39 is 5.97 Å². The fourth-order valence-electron chi connectivity index (χ4n) is 1.07. The first kappa shape index (κ1) is 8.95. The molecule has 0 aliphatic carbocycles. The summed E-state index contributed by atoms with van der Waals surface area (Å²) in [6, 6.07) is 2.72. The maximum absolute atomic E-state index is 10.9. The summed E-state index contributed by atoms with van der Waals surface area (Å²) in [5, 5.41) is 11.2. The number of aromatic nitrogens is 3. The minimum absolute atomic E-state index is 0.133. The van der Waals surface area contributed by atoms with Gasteiger partial charge in [-0.05, 0) is 22.0 Å². The zero-order valence-corrected chi connectivity index (χ0v) is 8.28. The predicted octanol–water partition coefficient (Wildman–Crippen LogP) is 0.483. The lowest BCUT2D eigenvalue weighted by Gasteiger charge is -1.92. The highest BCUT2D eigenvalue weighted by Gasteiger charge is 2.15. The van der Waals surface area contributed by atoms with Crippen LogP contribution in [-0.4, -0.2) is 25.7 Å². The molecule has 0 aliphatic rings. The number of rotatable bonds is 1. The van der Waals surface area contributed by atoms with Crippen molar-refractivity contribution in [2.45, 2.75) is 0 Å². The number of carboxylic acids is 1. The van der Waals surface area contributed by atoms with Gasteiger partial charge in [-0.1, -0.05) is 0 Å². The molecular weight excluding hydrogens is 254 g/mol. The molecule has 2 N–H and O–H groups in total. The molecule has 7 heteroatoms. The van der Waals surface area contributed by atoms with Crippen molar-refractivity contribution in [2.75, 3.05) is 0 Å². The first-order valence-corrected chi connectivity index (χ1v) is 4.39. The maximum Gasteiger partial charge on any atom is 0.357 e. The molecule has 72 valence electrons. The van der Waals surface area contributed by atoms with Crippen molar-refractivity contribution in [3.05, 3.63) is 32.8 Å². The van der Waals surface area contributed by atoms with E-state index in [-0.39, 0.29) is 15.9 Å². The number of hydrogen-bond donors (Lipinski definition) is 2. The number of fused-ring (bicyclic) bond motifs is 1. The molecule has 2 aromatic heterocycles. The van der Waals surface area contributed by atoms with E-state index in [1.807, 2.05) is 0 Å². The summed E-state index contributed by atoms with van der Waals surface area (Å²) in [4.78, 5) is 25.4. The third-order valence-corrected chi connectivity index (χ3v) is 2.39. The minimum atomic E-state index is -1.15. The van der Waals surface area contributed by atoms with Crippen molar-refractivity contribution in [3.8, 4) is 0 Å². The summed E-state index contributed by atoms with van der Waals surface area (Å²) < 4.78 is 1.49. The van der Waals surface area contributed by atoms with Gasteiger partial charge in [0.2, 0.25) is 0 Å². The second-order valence-corrected chi connectivity index (χ2v) is 3.31. The molecular formula is C7H4BrN3O3. The molecule has 14 heavy (non-hydrogen) atoms. The Balaban J connectivity index is 2.87. The average molecular weight is 258 g/mol. The molecule has 2 heterocycles. The number of aromatic carboxylic acids is 1. The molecule has 0 spiro atoms. The molecule has 2 rings (SSSR count). The number of nitrogens with zero attached hydrogens (tertiary/aromatic N) is 2. The molecule has 0 radical (unpaired) electrons. The van der Waals surface area contributed by atoms with Crippen LogP contribution in [0.1, 0.15) is 10.5 Å². The van der Waals surface area contributed by atoms with Gasteiger partial charge >= 0.3 is 5.97 Å². The number of imidazole rings is 1. The minimum Gasteiger partial charge on any atom is -0.476 e. The quantitative estimate of drug-likeness (QED) is 0.778. The fourth-order valence-corrected chi connectivity index (χ4v) is 1.60. The van der Waals surface area contributed by atoms with Crippen LogP contribution in [0.2, 0.25) is 0 Å². The second-order valence-electron chi connectivity index (χ2n) is 2.56. The van der Waals surface area contributed by atoms with E-state index in [2.05, 4.69) is 26.0 Å². The van der Waals surface area contributed by atoms with Gasteiger partial charge in [-0.25, -0.2) is 14.3 Å². The molecule has 2 aromatic rings. The molecule has 0 atom stereocenters.